The molecule has 0 unspecified atom stereocenters. The first-order chi connectivity index (χ1) is 13.8. The van der Waals surface area contributed by atoms with Gasteiger partial charge in [-0.15, -0.1) is 0 Å². The molecular formula is C23H13N3O2. The fourth-order valence-electron chi connectivity index (χ4n) is 3.79. The molecule has 0 bridgehead atoms. The van der Waals surface area contributed by atoms with Crippen molar-refractivity contribution in [3.63, 3.8) is 0 Å². The Balaban J connectivity index is 1.67. The van der Waals surface area contributed by atoms with Crippen LogP contribution in [0, 0.1) is 0 Å². The molecule has 3 aromatic heterocycles. The van der Waals surface area contributed by atoms with Crippen LogP contribution in [0.1, 0.15) is 0 Å². The normalized spacial score (nSPS) is 11.7. The molecule has 28 heavy (non-hydrogen) atoms. The van der Waals surface area contributed by atoms with Gasteiger partial charge in [-0.25, -0.2) is 9.78 Å². The number of hydrogen-bond donors (Lipinski definition) is 1. The van der Waals surface area contributed by atoms with E-state index in [0.29, 0.717) is 17.0 Å². The maximum absolute atomic E-state index is 12.7. The molecule has 132 valence electrons. The lowest BCUT2D eigenvalue weighted by atomic mass is 10.0. The van der Waals surface area contributed by atoms with E-state index < -0.39 is 5.63 Å². The molecule has 3 heterocycles. The lowest BCUT2D eigenvalue weighted by Crippen LogP contribution is -2.03. The Bertz CT molecular complexity index is 1590. The number of rotatable bonds is 1. The molecule has 6 aromatic rings. The third kappa shape index (κ3) is 2.10. The largest absolute Gasteiger partial charge is 0.422 e. The highest BCUT2D eigenvalue weighted by molar-refractivity contribution is 6.07. The van der Waals surface area contributed by atoms with Gasteiger partial charge in [0, 0.05) is 17.0 Å². The maximum atomic E-state index is 12.7. The van der Waals surface area contributed by atoms with Crippen molar-refractivity contribution in [3.05, 3.63) is 83.3 Å². The summed E-state index contributed by atoms with van der Waals surface area (Å²) in [6.45, 7) is 0. The Morgan fingerprint density at radius 3 is 2.71 bits per heavy atom. The molecule has 5 nitrogen and oxygen atoms in total. The van der Waals surface area contributed by atoms with Crippen molar-refractivity contribution in [2.45, 2.75) is 0 Å². The SMILES string of the molecule is O=c1oc2ccc3ccccc3c2cc1-c1nc2c(ccc3ncccc32)[nH]1. The molecule has 6 rings (SSSR count). The number of fused-ring (bicyclic) bond motifs is 6. The summed E-state index contributed by atoms with van der Waals surface area (Å²) < 4.78 is 5.61. The van der Waals surface area contributed by atoms with Crippen LogP contribution < -0.4 is 5.63 Å². The second-order valence-corrected chi connectivity index (χ2v) is 6.76. The van der Waals surface area contributed by atoms with Crippen molar-refractivity contribution in [1.29, 1.82) is 0 Å². The number of nitrogens with one attached hydrogen (secondary N) is 1. The maximum Gasteiger partial charge on any atom is 0.347 e. The minimum absolute atomic E-state index is 0.413. The highest BCUT2D eigenvalue weighted by atomic mass is 16.4. The number of hydrogen-bond acceptors (Lipinski definition) is 4. The Morgan fingerprint density at radius 2 is 1.75 bits per heavy atom. The van der Waals surface area contributed by atoms with Gasteiger partial charge in [0.25, 0.3) is 0 Å². The first-order valence-corrected chi connectivity index (χ1v) is 8.97. The lowest BCUT2D eigenvalue weighted by molar-refractivity contribution is 0.563. The van der Waals surface area contributed by atoms with Crippen LogP contribution in [0.3, 0.4) is 0 Å². The molecule has 0 amide bonds. The molecule has 0 saturated carbocycles. The van der Waals surface area contributed by atoms with Crippen LogP contribution in [-0.4, -0.2) is 15.0 Å². The van der Waals surface area contributed by atoms with Crippen molar-refractivity contribution >= 4 is 43.7 Å². The van der Waals surface area contributed by atoms with Crippen LogP contribution in [0.25, 0.3) is 55.1 Å². The molecule has 0 saturated heterocycles. The van der Waals surface area contributed by atoms with E-state index in [1.54, 1.807) is 6.20 Å². The topological polar surface area (TPSA) is 71.8 Å². The van der Waals surface area contributed by atoms with Crippen LogP contribution in [0.5, 0.6) is 0 Å². The summed E-state index contributed by atoms with van der Waals surface area (Å²) in [6.07, 6.45) is 1.75. The molecule has 1 N–H and O–H groups in total. The number of benzene rings is 3. The standard InChI is InChI=1S/C23H13N3O2/c27-23-17(12-16-14-5-2-1-4-13(14)7-10-20(16)28-23)22-25-19-9-8-18-15(21(19)26-22)6-3-11-24-18/h1-12H,(H,25,26). The fraction of sp³-hybridized carbons (Fsp3) is 0. The van der Waals surface area contributed by atoms with Gasteiger partial charge in [0.15, 0.2) is 0 Å². The Hall–Kier alpha value is -3.99. The predicted octanol–water partition coefficient (Wildman–Crippen LogP) is 5.04. The number of aromatic amines is 1. The zero-order valence-corrected chi connectivity index (χ0v) is 14.6. The molecule has 3 aromatic carbocycles. The minimum Gasteiger partial charge on any atom is -0.422 e. The minimum atomic E-state index is -0.413. The predicted molar refractivity (Wildman–Crippen MR) is 110 cm³/mol. The molecule has 0 spiro atoms. The summed E-state index contributed by atoms with van der Waals surface area (Å²) in [4.78, 5) is 25.0. The van der Waals surface area contributed by atoms with Gasteiger partial charge in [0.05, 0.1) is 16.6 Å². The zero-order chi connectivity index (χ0) is 18.7. The van der Waals surface area contributed by atoms with Crippen LogP contribution in [-0.2, 0) is 0 Å². The smallest absolute Gasteiger partial charge is 0.347 e. The Labute approximate surface area is 158 Å². The first kappa shape index (κ1) is 15.1. The number of aromatic nitrogens is 3. The van der Waals surface area contributed by atoms with Crippen LogP contribution in [0.15, 0.2) is 82.1 Å². The van der Waals surface area contributed by atoms with Crippen molar-refractivity contribution in [3.8, 4) is 11.4 Å². The first-order valence-electron chi connectivity index (χ1n) is 8.97. The number of imidazole rings is 1. The van der Waals surface area contributed by atoms with E-state index >= 15 is 0 Å². The molecule has 0 atom stereocenters. The number of H-pyrrole nitrogens is 1. The molecule has 0 radical (unpaired) electrons. The summed E-state index contributed by atoms with van der Waals surface area (Å²) in [6, 6.07) is 21.4. The van der Waals surface area contributed by atoms with Gasteiger partial charge in [0.1, 0.15) is 17.0 Å². The average Bonchev–Trinajstić information content (AvgIpc) is 3.17. The third-order valence-corrected chi connectivity index (χ3v) is 5.13. The van der Waals surface area contributed by atoms with Gasteiger partial charge in [-0.3, -0.25) is 4.98 Å². The van der Waals surface area contributed by atoms with Crippen molar-refractivity contribution < 1.29 is 4.42 Å². The van der Waals surface area contributed by atoms with Gasteiger partial charge < -0.3 is 9.40 Å². The Kier molecular flexibility index (Phi) is 2.97. The fourth-order valence-corrected chi connectivity index (χ4v) is 3.79. The highest BCUT2D eigenvalue weighted by Gasteiger charge is 2.15. The van der Waals surface area contributed by atoms with Gasteiger partial charge >= 0.3 is 5.63 Å². The van der Waals surface area contributed by atoms with Gasteiger partial charge in [0.2, 0.25) is 0 Å². The third-order valence-electron chi connectivity index (χ3n) is 5.13. The van der Waals surface area contributed by atoms with E-state index in [-0.39, 0.29) is 0 Å². The van der Waals surface area contributed by atoms with E-state index in [1.807, 2.05) is 66.7 Å². The molecule has 0 fully saturated rings. The van der Waals surface area contributed by atoms with Crippen molar-refractivity contribution in [2.24, 2.45) is 0 Å². The Morgan fingerprint density at radius 1 is 0.857 bits per heavy atom. The van der Waals surface area contributed by atoms with Crippen molar-refractivity contribution in [2.75, 3.05) is 0 Å². The van der Waals surface area contributed by atoms with Gasteiger partial charge in [-0.1, -0.05) is 30.3 Å². The second-order valence-electron chi connectivity index (χ2n) is 6.76. The van der Waals surface area contributed by atoms with Gasteiger partial charge in [-0.05, 0) is 47.2 Å². The van der Waals surface area contributed by atoms with E-state index in [1.165, 1.54) is 0 Å². The van der Waals surface area contributed by atoms with Crippen LogP contribution >= 0.6 is 0 Å². The lowest BCUT2D eigenvalue weighted by Gasteiger charge is -2.04. The van der Waals surface area contributed by atoms with Crippen molar-refractivity contribution in [1.82, 2.24) is 15.0 Å². The number of pyridine rings is 1. The second kappa shape index (κ2) is 5.50. The van der Waals surface area contributed by atoms with Gasteiger partial charge in [-0.2, -0.15) is 0 Å². The van der Waals surface area contributed by atoms with E-state index in [9.17, 15) is 4.79 Å². The number of nitrogens with zero attached hydrogens (tertiary/aromatic N) is 2. The summed E-state index contributed by atoms with van der Waals surface area (Å²) in [5.41, 5.74) is 3.08. The summed E-state index contributed by atoms with van der Waals surface area (Å²) in [5, 5.41) is 3.96. The molecule has 0 aliphatic heterocycles. The molecule has 0 aliphatic carbocycles. The van der Waals surface area contributed by atoms with E-state index in [0.717, 1.165) is 38.1 Å². The van der Waals surface area contributed by atoms with E-state index in [4.69, 9.17) is 9.40 Å². The monoisotopic (exact) mass is 363 g/mol. The molecular weight excluding hydrogens is 350 g/mol. The zero-order valence-electron chi connectivity index (χ0n) is 14.6. The van der Waals surface area contributed by atoms with E-state index in [2.05, 4.69) is 9.97 Å². The van der Waals surface area contributed by atoms with Crippen LogP contribution in [0.4, 0.5) is 0 Å². The molecule has 0 aliphatic rings. The average molecular weight is 363 g/mol. The summed E-state index contributed by atoms with van der Waals surface area (Å²) in [5.74, 6) is 0.495. The molecule has 5 heteroatoms. The van der Waals surface area contributed by atoms with Crippen LogP contribution in [0.2, 0.25) is 0 Å². The quantitative estimate of drug-likeness (QED) is 0.328. The highest BCUT2D eigenvalue weighted by Crippen LogP contribution is 2.29. The summed E-state index contributed by atoms with van der Waals surface area (Å²) >= 11 is 0. The summed E-state index contributed by atoms with van der Waals surface area (Å²) in [7, 11) is 0.